The smallest absolute Gasteiger partial charge is 0.310 e. The topological polar surface area (TPSA) is 64.4 Å². The Kier molecular flexibility index (Phi) is 5.87. The van der Waals surface area contributed by atoms with Crippen LogP contribution < -0.4 is 10.1 Å². The van der Waals surface area contributed by atoms with Crippen molar-refractivity contribution >= 4 is 5.69 Å². The summed E-state index contributed by atoms with van der Waals surface area (Å²) in [4.78, 5) is 10.4. The maximum atomic E-state index is 10.9. The second-order valence-electron chi connectivity index (χ2n) is 3.72. The first-order valence-electron chi connectivity index (χ1n) is 5.91. The van der Waals surface area contributed by atoms with E-state index in [1.54, 1.807) is 18.2 Å². The van der Waals surface area contributed by atoms with Gasteiger partial charge in [-0.1, -0.05) is 25.1 Å². The van der Waals surface area contributed by atoms with Crippen molar-refractivity contribution in [2.45, 2.75) is 20.4 Å². The fraction of sp³-hybridized carbons (Fsp3) is 0.385. The predicted molar refractivity (Wildman–Crippen MR) is 70.8 cm³/mol. The highest BCUT2D eigenvalue weighted by molar-refractivity contribution is 5.48. The molecule has 98 valence electrons. The van der Waals surface area contributed by atoms with Gasteiger partial charge in [0.15, 0.2) is 5.75 Å². The molecule has 0 aliphatic carbocycles. The molecule has 0 atom stereocenters. The lowest BCUT2D eigenvalue weighted by atomic mass is 10.2. The van der Waals surface area contributed by atoms with E-state index in [2.05, 4.69) is 5.32 Å². The molecule has 0 aromatic heterocycles. The van der Waals surface area contributed by atoms with Gasteiger partial charge in [-0.3, -0.25) is 10.1 Å². The lowest BCUT2D eigenvalue weighted by Gasteiger charge is -2.07. The Morgan fingerprint density at radius 3 is 2.89 bits per heavy atom. The molecule has 0 aliphatic heterocycles. The molecule has 1 aromatic carbocycles. The van der Waals surface area contributed by atoms with Crippen LogP contribution in [0.25, 0.3) is 0 Å². The van der Waals surface area contributed by atoms with Crippen LogP contribution in [0, 0.1) is 10.1 Å². The van der Waals surface area contributed by atoms with E-state index in [1.165, 1.54) is 6.07 Å². The molecule has 0 heterocycles. The van der Waals surface area contributed by atoms with Crippen LogP contribution in [0.3, 0.4) is 0 Å². The Hall–Kier alpha value is -1.88. The van der Waals surface area contributed by atoms with Gasteiger partial charge in [-0.25, -0.2) is 0 Å². The molecule has 0 unspecified atom stereocenters. The number of nitrogens with zero attached hydrogens (tertiary/aromatic N) is 1. The quantitative estimate of drug-likeness (QED) is 0.459. The second kappa shape index (κ2) is 7.45. The third kappa shape index (κ3) is 4.18. The van der Waals surface area contributed by atoms with Crippen molar-refractivity contribution in [2.75, 3.05) is 13.2 Å². The Morgan fingerprint density at radius 2 is 2.28 bits per heavy atom. The minimum Gasteiger partial charge on any atom is -0.483 e. The molecule has 1 rings (SSSR count). The molecule has 0 amide bonds. The Labute approximate surface area is 107 Å². The van der Waals surface area contributed by atoms with Crippen LogP contribution in [-0.2, 0) is 6.54 Å². The van der Waals surface area contributed by atoms with Crippen molar-refractivity contribution in [3.63, 3.8) is 0 Å². The van der Waals surface area contributed by atoms with Crippen LogP contribution in [0.4, 0.5) is 5.69 Å². The molecule has 0 saturated carbocycles. The van der Waals surface area contributed by atoms with E-state index in [-0.39, 0.29) is 5.69 Å². The maximum absolute atomic E-state index is 10.9. The number of nitro groups is 1. The third-order valence-electron chi connectivity index (χ3n) is 2.37. The molecular formula is C13H18N2O3. The van der Waals surface area contributed by atoms with Crippen molar-refractivity contribution in [1.29, 1.82) is 0 Å². The van der Waals surface area contributed by atoms with Gasteiger partial charge in [0.25, 0.3) is 0 Å². The summed E-state index contributed by atoms with van der Waals surface area (Å²) in [6, 6.07) is 4.94. The van der Waals surface area contributed by atoms with E-state index >= 15 is 0 Å². The highest BCUT2D eigenvalue weighted by Gasteiger charge is 2.15. The summed E-state index contributed by atoms with van der Waals surface area (Å²) in [5, 5.41) is 14.0. The Balaban J connectivity index is 2.88. The lowest BCUT2D eigenvalue weighted by molar-refractivity contribution is -0.385. The van der Waals surface area contributed by atoms with E-state index < -0.39 is 4.92 Å². The predicted octanol–water partition coefficient (Wildman–Crippen LogP) is 2.66. The van der Waals surface area contributed by atoms with E-state index in [0.717, 1.165) is 12.1 Å². The average molecular weight is 250 g/mol. The fourth-order valence-corrected chi connectivity index (χ4v) is 1.44. The summed E-state index contributed by atoms with van der Waals surface area (Å²) in [7, 11) is 0. The molecule has 0 radical (unpaired) electrons. The standard InChI is InChI=1S/C13H18N2O3/c1-3-5-8-18-13-9-11(10-14-4-2)6-7-12(13)15(16)17/h3,5-7,9,14H,4,8,10H2,1-2H3/b5-3+. The van der Waals surface area contributed by atoms with Crippen molar-refractivity contribution in [3.05, 3.63) is 46.0 Å². The molecule has 5 nitrogen and oxygen atoms in total. The van der Waals surface area contributed by atoms with E-state index in [4.69, 9.17) is 4.74 Å². The molecule has 5 heteroatoms. The van der Waals surface area contributed by atoms with Gasteiger partial charge in [-0.15, -0.1) is 0 Å². The van der Waals surface area contributed by atoms with Crippen molar-refractivity contribution in [3.8, 4) is 5.75 Å². The number of nitrogens with one attached hydrogen (secondary N) is 1. The fourth-order valence-electron chi connectivity index (χ4n) is 1.44. The van der Waals surface area contributed by atoms with Crippen molar-refractivity contribution in [1.82, 2.24) is 5.32 Å². The SMILES string of the molecule is C/C=C/COc1cc(CNCC)ccc1[N+](=O)[O-]. The van der Waals surface area contributed by atoms with E-state index in [9.17, 15) is 10.1 Å². The largest absolute Gasteiger partial charge is 0.483 e. The number of nitro benzene ring substituents is 1. The minimum absolute atomic E-state index is 0.000230. The minimum atomic E-state index is -0.429. The second-order valence-corrected chi connectivity index (χ2v) is 3.72. The zero-order valence-electron chi connectivity index (χ0n) is 10.7. The van der Waals surface area contributed by atoms with E-state index in [0.29, 0.717) is 18.9 Å². The first kappa shape index (κ1) is 14.2. The molecule has 0 bridgehead atoms. The summed E-state index contributed by atoms with van der Waals surface area (Å²) < 4.78 is 5.40. The van der Waals surface area contributed by atoms with E-state index in [1.807, 2.05) is 19.9 Å². The zero-order chi connectivity index (χ0) is 13.4. The summed E-state index contributed by atoms with van der Waals surface area (Å²) in [6.45, 7) is 5.75. The third-order valence-corrected chi connectivity index (χ3v) is 2.37. The Bertz CT molecular complexity index is 430. The summed E-state index contributed by atoms with van der Waals surface area (Å²) in [5.74, 6) is 0.313. The van der Waals surface area contributed by atoms with Gasteiger partial charge in [0.05, 0.1) is 4.92 Å². The van der Waals surface area contributed by atoms with Gasteiger partial charge in [0.1, 0.15) is 6.61 Å². The van der Waals surface area contributed by atoms with Gasteiger partial charge >= 0.3 is 5.69 Å². The van der Waals surface area contributed by atoms with Crippen molar-refractivity contribution in [2.24, 2.45) is 0 Å². The molecule has 0 spiro atoms. The van der Waals surface area contributed by atoms with Gasteiger partial charge < -0.3 is 10.1 Å². The number of ether oxygens (including phenoxy) is 1. The first-order valence-corrected chi connectivity index (χ1v) is 5.91. The van der Waals surface area contributed by atoms with Gasteiger partial charge in [0, 0.05) is 12.6 Å². The number of rotatable bonds is 7. The molecule has 1 N–H and O–H groups in total. The molecule has 0 fully saturated rings. The summed E-state index contributed by atoms with van der Waals surface area (Å²) in [5.41, 5.74) is 0.970. The van der Waals surface area contributed by atoms with Crippen LogP contribution in [-0.4, -0.2) is 18.1 Å². The molecule has 18 heavy (non-hydrogen) atoms. The van der Waals surface area contributed by atoms with Crippen LogP contribution in [0.5, 0.6) is 5.75 Å². The Morgan fingerprint density at radius 1 is 1.50 bits per heavy atom. The lowest BCUT2D eigenvalue weighted by Crippen LogP contribution is -2.12. The van der Waals surface area contributed by atoms with Crippen LogP contribution in [0.1, 0.15) is 19.4 Å². The van der Waals surface area contributed by atoms with Gasteiger partial charge in [-0.2, -0.15) is 0 Å². The molecule has 1 aromatic rings. The highest BCUT2D eigenvalue weighted by atomic mass is 16.6. The molecule has 0 aliphatic rings. The normalized spacial score (nSPS) is 10.8. The first-order chi connectivity index (χ1) is 8.69. The van der Waals surface area contributed by atoms with Crippen molar-refractivity contribution < 1.29 is 9.66 Å². The molecule has 0 saturated heterocycles. The average Bonchev–Trinajstić information content (AvgIpc) is 2.36. The number of benzene rings is 1. The number of allylic oxidation sites excluding steroid dienone is 1. The van der Waals surface area contributed by atoms with Crippen LogP contribution >= 0.6 is 0 Å². The van der Waals surface area contributed by atoms with Crippen LogP contribution in [0.2, 0.25) is 0 Å². The monoisotopic (exact) mass is 250 g/mol. The molecular weight excluding hydrogens is 232 g/mol. The number of hydrogen-bond acceptors (Lipinski definition) is 4. The zero-order valence-corrected chi connectivity index (χ0v) is 10.7. The maximum Gasteiger partial charge on any atom is 0.310 e. The van der Waals surface area contributed by atoms with Crippen LogP contribution in [0.15, 0.2) is 30.4 Å². The number of hydrogen-bond donors (Lipinski definition) is 1. The summed E-state index contributed by atoms with van der Waals surface area (Å²) >= 11 is 0. The summed E-state index contributed by atoms with van der Waals surface area (Å²) in [6.07, 6.45) is 3.65. The highest BCUT2D eigenvalue weighted by Crippen LogP contribution is 2.27. The van der Waals surface area contributed by atoms with Gasteiger partial charge in [0.2, 0.25) is 0 Å². The van der Waals surface area contributed by atoms with Gasteiger partial charge in [-0.05, 0) is 25.1 Å².